The van der Waals surface area contributed by atoms with Crippen molar-refractivity contribution in [1.29, 1.82) is 5.41 Å². The maximum Gasteiger partial charge on any atom is 0.314 e. The molecule has 0 saturated heterocycles. The lowest BCUT2D eigenvalue weighted by atomic mass is 10.2. The number of nitro groups is 1. The zero-order chi connectivity index (χ0) is 14.7. The van der Waals surface area contributed by atoms with E-state index in [1.54, 1.807) is 0 Å². The summed E-state index contributed by atoms with van der Waals surface area (Å²) in [5.41, 5.74) is 4.86. The molecule has 2 rings (SSSR count). The average molecular weight is 276 g/mol. The molecule has 0 aliphatic heterocycles. The van der Waals surface area contributed by atoms with Gasteiger partial charge in [0, 0.05) is 6.20 Å². The molecule has 1 heterocycles. The number of hydrogen-bond acceptors (Lipinski definition) is 5. The van der Waals surface area contributed by atoms with Gasteiger partial charge in [0.25, 0.3) is 0 Å². The van der Waals surface area contributed by atoms with Crippen LogP contribution in [0, 0.1) is 21.3 Å². The smallest absolute Gasteiger partial charge is 0.314 e. The fourth-order valence-corrected chi connectivity index (χ4v) is 1.51. The maximum atomic E-state index is 13.0. The molecule has 1 aromatic heterocycles. The summed E-state index contributed by atoms with van der Waals surface area (Å²) in [6.07, 6.45) is 1.41. The van der Waals surface area contributed by atoms with Crippen molar-refractivity contribution in [3.05, 3.63) is 58.2 Å². The lowest BCUT2D eigenvalue weighted by Gasteiger charge is -2.09. The van der Waals surface area contributed by atoms with Gasteiger partial charge in [-0.1, -0.05) is 0 Å². The van der Waals surface area contributed by atoms with Crippen LogP contribution in [0.2, 0.25) is 0 Å². The molecule has 0 spiro atoms. The monoisotopic (exact) mass is 276 g/mol. The van der Waals surface area contributed by atoms with Gasteiger partial charge < -0.3 is 10.5 Å². The van der Waals surface area contributed by atoms with Gasteiger partial charge in [0.05, 0.1) is 11.0 Å². The summed E-state index contributed by atoms with van der Waals surface area (Å²) in [6, 6.07) is 5.89. The molecule has 0 saturated carbocycles. The van der Waals surface area contributed by atoms with Gasteiger partial charge in [-0.2, -0.15) is 0 Å². The third-order valence-electron chi connectivity index (χ3n) is 2.36. The number of rotatable bonds is 4. The number of benzene rings is 1. The van der Waals surface area contributed by atoms with Gasteiger partial charge in [-0.3, -0.25) is 15.5 Å². The Bertz CT molecular complexity index is 690. The minimum Gasteiger partial charge on any atom is -0.448 e. The molecule has 7 nitrogen and oxygen atoms in total. The topological polar surface area (TPSA) is 115 Å². The lowest BCUT2D eigenvalue weighted by molar-refractivity contribution is -0.385. The first-order valence-corrected chi connectivity index (χ1v) is 5.40. The summed E-state index contributed by atoms with van der Waals surface area (Å²) in [6.45, 7) is 0. The van der Waals surface area contributed by atoms with E-state index in [9.17, 15) is 14.5 Å². The van der Waals surface area contributed by atoms with Crippen LogP contribution < -0.4 is 10.5 Å². The first-order valence-electron chi connectivity index (χ1n) is 5.40. The predicted molar refractivity (Wildman–Crippen MR) is 68.4 cm³/mol. The van der Waals surface area contributed by atoms with Crippen LogP contribution in [-0.2, 0) is 0 Å². The van der Waals surface area contributed by atoms with Gasteiger partial charge in [-0.25, -0.2) is 9.37 Å². The van der Waals surface area contributed by atoms with Crippen LogP contribution in [-0.4, -0.2) is 15.7 Å². The summed E-state index contributed by atoms with van der Waals surface area (Å²) >= 11 is 0. The van der Waals surface area contributed by atoms with Crippen LogP contribution in [0.25, 0.3) is 0 Å². The molecule has 0 atom stereocenters. The maximum absolute atomic E-state index is 13.0. The first-order chi connectivity index (χ1) is 9.49. The van der Waals surface area contributed by atoms with E-state index < -0.39 is 16.4 Å². The van der Waals surface area contributed by atoms with Crippen LogP contribution in [0.4, 0.5) is 10.1 Å². The molecule has 0 radical (unpaired) electrons. The third kappa shape index (κ3) is 2.69. The zero-order valence-electron chi connectivity index (χ0n) is 10.0. The molecule has 2 aromatic rings. The van der Waals surface area contributed by atoms with E-state index in [0.717, 1.165) is 18.2 Å². The molecular weight excluding hydrogens is 267 g/mol. The van der Waals surface area contributed by atoms with Crippen LogP contribution in [0.3, 0.4) is 0 Å². The first kappa shape index (κ1) is 13.4. The van der Waals surface area contributed by atoms with Crippen molar-refractivity contribution in [1.82, 2.24) is 4.98 Å². The van der Waals surface area contributed by atoms with E-state index in [1.807, 2.05) is 0 Å². The number of hydrogen-bond donors (Lipinski definition) is 2. The van der Waals surface area contributed by atoms with Gasteiger partial charge in [-0.15, -0.1) is 0 Å². The number of pyridine rings is 1. The second-order valence-corrected chi connectivity index (χ2v) is 3.74. The van der Waals surface area contributed by atoms with Crippen molar-refractivity contribution < 1.29 is 14.1 Å². The SMILES string of the molecule is N=C(N)c1ncccc1Oc1ccc(F)cc1[N+](=O)[O-]. The van der Waals surface area contributed by atoms with Crippen LogP contribution in [0.1, 0.15) is 5.69 Å². The Morgan fingerprint density at radius 3 is 2.80 bits per heavy atom. The number of nitrogens with two attached hydrogens (primary N) is 1. The second-order valence-electron chi connectivity index (χ2n) is 3.74. The highest BCUT2D eigenvalue weighted by Gasteiger charge is 2.19. The van der Waals surface area contributed by atoms with Crippen molar-refractivity contribution in [3.63, 3.8) is 0 Å². The highest BCUT2D eigenvalue weighted by molar-refractivity contribution is 5.95. The van der Waals surface area contributed by atoms with Crippen molar-refractivity contribution in [3.8, 4) is 11.5 Å². The lowest BCUT2D eigenvalue weighted by Crippen LogP contribution is -2.14. The minimum atomic E-state index is -0.762. The molecule has 0 amide bonds. The molecule has 0 aliphatic rings. The molecule has 0 aliphatic carbocycles. The summed E-state index contributed by atoms with van der Waals surface area (Å²) in [4.78, 5) is 13.9. The Morgan fingerprint density at radius 1 is 1.40 bits per heavy atom. The van der Waals surface area contributed by atoms with E-state index in [4.69, 9.17) is 15.9 Å². The minimum absolute atomic E-state index is 0.0473. The van der Waals surface area contributed by atoms with Crippen molar-refractivity contribution in [2.45, 2.75) is 0 Å². The fourth-order valence-electron chi connectivity index (χ4n) is 1.51. The Balaban J connectivity index is 2.45. The van der Waals surface area contributed by atoms with E-state index >= 15 is 0 Å². The molecule has 0 fully saturated rings. The fraction of sp³-hybridized carbons (Fsp3) is 0. The number of aromatic nitrogens is 1. The van der Waals surface area contributed by atoms with Crippen molar-refractivity contribution in [2.75, 3.05) is 0 Å². The number of amidine groups is 1. The Hall–Kier alpha value is -3.03. The van der Waals surface area contributed by atoms with Crippen LogP contribution in [0.5, 0.6) is 11.5 Å². The summed E-state index contributed by atoms with van der Waals surface area (Å²) < 4.78 is 18.4. The number of nitro benzene ring substituents is 1. The summed E-state index contributed by atoms with van der Waals surface area (Å²) in [5, 5.41) is 18.2. The summed E-state index contributed by atoms with van der Waals surface area (Å²) in [7, 11) is 0. The van der Waals surface area contributed by atoms with Gasteiger partial charge in [-0.05, 0) is 24.3 Å². The van der Waals surface area contributed by atoms with Gasteiger partial charge >= 0.3 is 5.69 Å². The highest BCUT2D eigenvalue weighted by atomic mass is 19.1. The molecule has 20 heavy (non-hydrogen) atoms. The molecular formula is C12H9FN4O3. The summed E-state index contributed by atoms with van der Waals surface area (Å²) in [5.74, 6) is -1.17. The van der Waals surface area contributed by atoms with Crippen LogP contribution >= 0.6 is 0 Å². The van der Waals surface area contributed by atoms with Gasteiger partial charge in [0.1, 0.15) is 17.3 Å². The molecule has 8 heteroatoms. The van der Waals surface area contributed by atoms with E-state index in [2.05, 4.69) is 4.98 Å². The van der Waals surface area contributed by atoms with Gasteiger partial charge in [0.2, 0.25) is 5.75 Å². The largest absolute Gasteiger partial charge is 0.448 e. The number of nitrogen functional groups attached to an aromatic ring is 1. The van der Waals surface area contributed by atoms with Gasteiger partial charge in [0.15, 0.2) is 5.75 Å². The molecule has 0 bridgehead atoms. The number of nitrogens with one attached hydrogen (secondary N) is 1. The molecule has 1 aromatic carbocycles. The normalized spacial score (nSPS) is 10.1. The van der Waals surface area contributed by atoms with Crippen LogP contribution in [0.15, 0.2) is 36.5 Å². The Morgan fingerprint density at radius 2 is 2.15 bits per heavy atom. The van der Waals surface area contributed by atoms with Crippen molar-refractivity contribution in [2.24, 2.45) is 5.73 Å². The van der Waals surface area contributed by atoms with E-state index in [1.165, 1.54) is 18.3 Å². The van der Waals surface area contributed by atoms with Crippen molar-refractivity contribution >= 4 is 11.5 Å². The average Bonchev–Trinajstić information content (AvgIpc) is 2.41. The number of ether oxygens (including phenoxy) is 1. The highest BCUT2D eigenvalue weighted by Crippen LogP contribution is 2.32. The quantitative estimate of drug-likeness (QED) is 0.384. The molecule has 0 unspecified atom stereocenters. The Labute approximate surface area is 112 Å². The standard InChI is InChI=1S/C12H9FN4O3/c13-7-3-4-9(8(6-7)17(18)19)20-10-2-1-5-16-11(10)12(14)15/h1-6H,(H3,14,15). The number of nitrogens with zero attached hydrogens (tertiary/aromatic N) is 2. The van der Waals surface area contributed by atoms with E-state index in [-0.39, 0.29) is 23.0 Å². The second kappa shape index (κ2) is 5.31. The molecule has 102 valence electrons. The third-order valence-corrected chi connectivity index (χ3v) is 2.36. The predicted octanol–water partition coefficient (Wildman–Crippen LogP) is 2.21. The Kier molecular flexibility index (Phi) is 3.56. The number of halogens is 1. The molecule has 3 N–H and O–H groups in total. The van der Waals surface area contributed by atoms with E-state index in [0.29, 0.717) is 0 Å². The zero-order valence-corrected chi connectivity index (χ0v) is 10.0.